The van der Waals surface area contributed by atoms with E-state index in [1.165, 1.54) is 5.57 Å². The number of allylic oxidation sites excluding steroid dienone is 1. The van der Waals surface area contributed by atoms with Crippen LogP contribution >= 0.6 is 0 Å². The van der Waals surface area contributed by atoms with Crippen LogP contribution in [0, 0.1) is 17.8 Å². The van der Waals surface area contributed by atoms with E-state index in [1.54, 1.807) is 0 Å². The van der Waals surface area contributed by atoms with Crippen molar-refractivity contribution in [1.82, 2.24) is 0 Å². The molecular formula is C14H24O. The first-order valence-corrected chi connectivity index (χ1v) is 6.17. The van der Waals surface area contributed by atoms with E-state index in [-0.39, 0.29) is 0 Å². The van der Waals surface area contributed by atoms with Crippen molar-refractivity contribution in [3.05, 3.63) is 12.2 Å². The van der Waals surface area contributed by atoms with Gasteiger partial charge in [-0.05, 0) is 44.4 Å². The Morgan fingerprint density at radius 2 is 2.20 bits per heavy atom. The molecule has 0 N–H and O–H groups in total. The molecule has 86 valence electrons. The van der Waals surface area contributed by atoms with Crippen molar-refractivity contribution < 1.29 is 4.79 Å². The van der Waals surface area contributed by atoms with Gasteiger partial charge in [-0.2, -0.15) is 0 Å². The molecule has 1 saturated carbocycles. The maximum Gasteiger partial charge on any atom is 0.136 e. The lowest BCUT2D eigenvalue weighted by molar-refractivity contribution is -0.126. The fraction of sp³-hybridized carbons (Fsp3) is 0.786. The van der Waals surface area contributed by atoms with Crippen molar-refractivity contribution in [2.45, 2.75) is 52.9 Å². The van der Waals surface area contributed by atoms with E-state index in [4.69, 9.17) is 0 Å². The Balaban J connectivity index is 2.46. The molecule has 0 bridgehead atoms. The summed E-state index contributed by atoms with van der Waals surface area (Å²) in [4.78, 5) is 11.7. The molecule has 1 aliphatic rings. The summed E-state index contributed by atoms with van der Waals surface area (Å²) < 4.78 is 0. The van der Waals surface area contributed by atoms with Crippen molar-refractivity contribution in [2.75, 3.05) is 0 Å². The van der Waals surface area contributed by atoms with Gasteiger partial charge in [0.05, 0.1) is 0 Å². The van der Waals surface area contributed by atoms with Crippen LogP contribution < -0.4 is 0 Å². The molecule has 0 radical (unpaired) electrons. The minimum absolute atomic E-state index is 0.322. The summed E-state index contributed by atoms with van der Waals surface area (Å²) in [6, 6.07) is 0. The minimum Gasteiger partial charge on any atom is -0.299 e. The second-order valence-electron chi connectivity index (χ2n) is 5.44. The van der Waals surface area contributed by atoms with Crippen molar-refractivity contribution in [2.24, 2.45) is 17.8 Å². The van der Waals surface area contributed by atoms with E-state index in [0.29, 0.717) is 11.7 Å². The molecule has 2 atom stereocenters. The lowest BCUT2D eigenvalue weighted by atomic mass is 9.74. The van der Waals surface area contributed by atoms with Gasteiger partial charge in [0.2, 0.25) is 0 Å². The molecule has 1 nitrogen and oxygen atoms in total. The molecule has 2 unspecified atom stereocenters. The molecule has 0 heterocycles. The summed E-state index contributed by atoms with van der Waals surface area (Å²) >= 11 is 0. The van der Waals surface area contributed by atoms with E-state index < -0.39 is 0 Å². The second kappa shape index (κ2) is 5.48. The highest BCUT2D eigenvalue weighted by Crippen LogP contribution is 2.34. The predicted molar refractivity (Wildman–Crippen MR) is 64.7 cm³/mol. The Labute approximate surface area is 93.9 Å². The minimum atomic E-state index is 0.322. The molecule has 1 heteroatoms. The van der Waals surface area contributed by atoms with Crippen LogP contribution in [0.2, 0.25) is 0 Å². The first kappa shape index (κ1) is 12.5. The van der Waals surface area contributed by atoms with Crippen LogP contribution in [0.5, 0.6) is 0 Å². The SMILES string of the molecule is C=C(C)CCC1CC(C(C)C)CCC1=O. The van der Waals surface area contributed by atoms with Crippen LogP contribution in [0.1, 0.15) is 52.9 Å². The smallest absolute Gasteiger partial charge is 0.136 e. The zero-order chi connectivity index (χ0) is 11.4. The number of Topliss-reactive ketones (excluding diaryl/α,β-unsaturated/α-hetero) is 1. The Kier molecular flexibility index (Phi) is 4.56. The summed E-state index contributed by atoms with van der Waals surface area (Å²) in [5, 5.41) is 0. The van der Waals surface area contributed by atoms with E-state index in [2.05, 4.69) is 20.4 Å². The molecule has 0 aromatic carbocycles. The van der Waals surface area contributed by atoms with Crippen LogP contribution in [0.25, 0.3) is 0 Å². The number of hydrogen-bond donors (Lipinski definition) is 0. The zero-order valence-electron chi connectivity index (χ0n) is 10.4. The van der Waals surface area contributed by atoms with E-state index in [0.717, 1.165) is 43.9 Å². The number of rotatable bonds is 4. The number of hydrogen-bond acceptors (Lipinski definition) is 1. The molecule has 15 heavy (non-hydrogen) atoms. The maximum atomic E-state index is 11.7. The predicted octanol–water partition coefficient (Wildman–Crippen LogP) is 3.98. The molecule has 1 rings (SSSR count). The third-order valence-corrected chi connectivity index (χ3v) is 3.67. The Morgan fingerprint density at radius 3 is 2.73 bits per heavy atom. The monoisotopic (exact) mass is 208 g/mol. The van der Waals surface area contributed by atoms with E-state index in [1.807, 2.05) is 6.92 Å². The largest absolute Gasteiger partial charge is 0.299 e. The van der Waals surface area contributed by atoms with Gasteiger partial charge in [-0.3, -0.25) is 4.79 Å². The van der Waals surface area contributed by atoms with Gasteiger partial charge in [-0.1, -0.05) is 19.4 Å². The summed E-state index contributed by atoms with van der Waals surface area (Å²) in [7, 11) is 0. The topological polar surface area (TPSA) is 17.1 Å². The fourth-order valence-corrected chi connectivity index (χ4v) is 2.45. The van der Waals surface area contributed by atoms with Crippen molar-refractivity contribution in [3.8, 4) is 0 Å². The van der Waals surface area contributed by atoms with Gasteiger partial charge in [0.1, 0.15) is 5.78 Å². The number of carbonyl (C=O) groups is 1. The number of carbonyl (C=O) groups excluding carboxylic acids is 1. The first-order valence-electron chi connectivity index (χ1n) is 6.17. The highest BCUT2D eigenvalue weighted by atomic mass is 16.1. The summed E-state index contributed by atoms with van der Waals surface area (Å²) in [6.45, 7) is 10.5. The summed E-state index contributed by atoms with van der Waals surface area (Å²) in [5.74, 6) is 2.30. The van der Waals surface area contributed by atoms with Gasteiger partial charge in [0.25, 0.3) is 0 Å². The quantitative estimate of drug-likeness (QED) is 0.639. The maximum absolute atomic E-state index is 11.7. The fourth-order valence-electron chi connectivity index (χ4n) is 2.45. The van der Waals surface area contributed by atoms with E-state index >= 15 is 0 Å². The van der Waals surface area contributed by atoms with Gasteiger partial charge >= 0.3 is 0 Å². The van der Waals surface area contributed by atoms with Crippen molar-refractivity contribution >= 4 is 5.78 Å². The second-order valence-corrected chi connectivity index (χ2v) is 5.44. The van der Waals surface area contributed by atoms with Crippen LogP contribution in [-0.2, 0) is 4.79 Å². The van der Waals surface area contributed by atoms with Gasteiger partial charge in [0.15, 0.2) is 0 Å². The highest BCUT2D eigenvalue weighted by Gasteiger charge is 2.29. The summed E-state index contributed by atoms with van der Waals surface area (Å²) in [5.41, 5.74) is 1.20. The third-order valence-electron chi connectivity index (χ3n) is 3.67. The highest BCUT2D eigenvalue weighted by molar-refractivity contribution is 5.81. The molecule has 0 aromatic heterocycles. The molecule has 0 amide bonds. The molecule has 0 spiro atoms. The van der Waals surface area contributed by atoms with Gasteiger partial charge < -0.3 is 0 Å². The van der Waals surface area contributed by atoms with Crippen LogP contribution in [0.3, 0.4) is 0 Å². The van der Waals surface area contributed by atoms with Crippen molar-refractivity contribution in [1.29, 1.82) is 0 Å². The normalized spacial score (nSPS) is 27.1. The van der Waals surface area contributed by atoms with Crippen molar-refractivity contribution in [3.63, 3.8) is 0 Å². The van der Waals surface area contributed by atoms with Crippen LogP contribution in [-0.4, -0.2) is 5.78 Å². The first-order chi connectivity index (χ1) is 7.00. The molecule has 1 fully saturated rings. The molecule has 0 aliphatic heterocycles. The van der Waals surface area contributed by atoms with E-state index in [9.17, 15) is 4.79 Å². The molecular weight excluding hydrogens is 184 g/mol. The average Bonchev–Trinajstić information content (AvgIpc) is 2.16. The van der Waals surface area contributed by atoms with Gasteiger partial charge in [0, 0.05) is 12.3 Å². The molecule has 0 saturated heterocycles. The Bertz CT molecular complexity index is 240. The zero-order valence-corrected chi connectivity index (χ0v) is 10.4. The average molecular weight is 208 g/mol. The lowest BCUT2D eigenvalue weighted by Gasteiger charge is -2.30. The number of ketones is 1. The van der Waals surface area contributed by atoms with Gasteiger partial charge in [-0.15, -0.1) is 6.58 Å². The summed E-state index contributed by atoms with van der Waals surface area (Å²) in [6.07, 6.45) is 5.08. The van der Waals surface area contributed by atoms with Crippen LogP contribution in [0.15, 0.2) is 12.2 Å². The Hall–Kier alpha value is -0.590. The molecule has 0 aromatic rings. The van der Waals surface area contributed by atoms with Gasteiger partial charge in [-0.25, -0.2) is 0 Å². The lowest BCUT2D eigenvalue weighted by Crippen LogP contribution is -2.27. The Morgan fingerprint density at radius 1 is 1.53 bits per heavy atom. The molecule has 1 aliphatic carbocycles. The van der Waals surface area contributed by atoms with Crippen LogP contribution in [0.4, 0.5) is 0 Å². The standard InChI is InChI=1S/C14H24O/c1-10(2)5-6-13-9-12(11(3)4)7-8-14(13)15/h11-13H,1,5-9H2,2-4H3. The third kappa shape index (κ3) is 3.81.